The van der Waals surface area contributed by atoms with Crippen molar-refractivity contribution >= 4 is 60.5 Å². The van der Waals surface area contributed by atoms with Crippen molar-refractivity contribution in [3.63, 3.8) is 0 Å². The number of nitrogens with zero attached hydrogens (tertiary/aromatic N) is 1. The monoisotopic (exact) mass is 511 g/mol. The van der Waals surface area contributed by atoms with Crippen LogP contribution in [-0.4, -0.2) is 0 Å². The molecule has 1 heterocycles. The lowest BCUT2D eigenvalue weighted by atomic mass is 9.98. The molecule has 0 saturated heterocycles. The van der Waals surface area contributed by atoms with Crippen LogP contribution in [0.2, 0.25) is 0 Å². The highest BCUT2D eigenvalue weighted by Crippen LogP contribution is 2.40. The Morgan fingerprint density at radius 2 is 1.00 bits per heavy atom. The lowest BCUT2D eigenvalue weighted by molar-refractivity contribution is 0.669. The second kappa shape index (κ2) is 9.14. The van der Waals surface area contributed by atoms with Crippen LogP contribution < -0.4 is 4.90 Å². The van der Waals surface area contributed by atoms with Crippen molar-refractivity contribution in [1.82, 2.24) is 0 Å². The molecule has 8 aromatic rings. The molecule has 2 nitrogen and oxygen atoms in total. The predicted octanol–water partition coefficient (Wildman–Crippen LogP) is 11.0. The first-order chi connectivity index (χ1) is 19.8. The Morgan fingerprint density at radius 3 is 1.88 bits per heavy atom. The van der Waals surface area contributed by atoms with E-state index in [4.69, 9.17) is 4.42 Å². The van der Waals surface area contributed by atoms with Gasteiger partial charge in [-0.3, -0.25) is 0 Å². The van der Waals surface area contributed by atoms with Crippen LogP contribution >= 0.6 is 0 Å². The summed E-state index contributed by atoms with van der Waals surface area (Å²) in [4.78, 5) is 2.34. The highest BCUT2D eigenvalue weighted by atomic mass is 16.3. The molecule has 0 aliphatic heterocycles. The number of rotatable bonds is 4. The fraction of sp³-hybridized carbons (Fsp3) is 0. The Bertz CT molecular complexity index is 2160. The summed E-state index contributed by atoms with van der Waals surface area (Å²) >= 11 is 0. The van der Waals surface area contributed by atoms with E-state index in [0.29, 0.717) is 0 Å². The minimum Gasteiger partial charge on any atom is -0.456 e. The van der Waals surface area contributed by atoms with Gasteiger partial charge in [-0.05, 0) is 87.3 Å². The SMILES string of the molecule is c1ccc(-c2cccc(N(c3ccccc3)c3ccc4ccc5cc6oc7ccccc7c6cc5c4c3)c2)cc1. The zero-order valence-electron chi connectivity index (χ0n) is 21.8. The molecule has 0 radical (unpaired) electrons. The van der Waals surface area contributed by atoms with Gasteiger partial charge in [-0.25, -0.2) is 0 Å². The van der Waals surface area contributed by atoms with Gasteiger partial charge in [0.1, 0.15) is 11.2 Å². The van der Waals surface area contributed by atoms with Crippen molar-refractivity contribution in [3.8, 4) is 11.1 Å². The zero-order chi connectivity index (χ0) is 26.5. The van der Waals surface area contributed by atoms with E-state index in [0.717, 1.165) is 39.0 Å². The third-order valence-electron chi connectivity index (χ3n) is 7.80. The first kappa shape index (κ1) is 22.6. The molecule has 0 spiro atoms. The third-order valence-corrected chi connectivity index (χ3v) is 7.80. The number of furan rings is 1. The smallest absolute Gasteiger partial charge is 0.136 e. The number of benzene rings is 7. The van der Waals surface area contributed by atoms with E-state index in [1.54, 1.807) is 0 Å². The summed E-state index contributed by atoms with van der Waals surface area (Å²) in [6.07, 6.45) is 0. The Hall–Kier alpha value is -5.34. The summed E-state index contributed by atoms with van der Waals surface area (Å²) < 4.78 is 6.19. The maximum absolute atomic E-state index is 6.19. The van der Waals surface area contributed by atoms with E-state index >= 15 is 0 Å². The molecule has 8 rings (SSSR count). The summed E-state index contributed by atoms with van der Waals surface area (Å²) in [5.74, 6) is 0. The van der Waals surface area contributed by atoms with E-state index in [1.165, 1.54) is 32.7 Å². The Labute approximate surface area is 232 Å². The molecule has 0 atom stereocenters. The first-order valence-electron chi connectivity index (χ1n) is 13.6. The maximum Gasteiger partial charge on any atom is 0.136 e. The van der Waals surface area contributed by atoms with E-state index in [-0.39, 0.29) is 0 Å². The minimum atomic E-state index is 0.923. The van der Waals surface area contributed by atoms with Crippen LogP contribution in [0.5, 0.6) is 0 Å². The lowest BCUT2D eigenvalue weighted by Crippen LogP contribution is -2.09. The minimum absolute atomic E-state index is 0.923. The second-order valence-electron chi connectivity index (χ2n) is 10.2. The number of para-hydroxylation sites is 2. The average molecular weight is 512 g/mol. The van der Waals surface area contributed by atoms with Crippen molar-refractivity contribution in [2.24, 2.45) is 0 Å². The number of hydrogen-bond acceptors (Lipinski definition) is 2. The molecule has 0 N–H and O–H groups in total. The predicted molar refractivity (Wildman–Crippen MR) is 169 cm³/mol. The van der Waals surface area contributed by atoms with Gasteiger partial charge in [-0.15, -0.1) is 0 Å². The van der Waals surface area contributed by atoms with E-state index in [1.807, 2.05) is 12.1 Å². The molecule has 0 aliphatic carbocycles. The van der Waals surface area contributed by atoms with Crippen molar-refractivity contribution in [2.45, 2.75) is 0 Å². The van der Waals surface area contributed by atoms with Crippen molar-refractivity contribution in [2.75, 3.05) is 4.90 Å². The first-order valence-corrected chi connectivity index (χ1v) is 13.6. The normalized spacial score (nSPS) is 11.5. The molecule has 0 amide bonds. The zero-order valence-corrected chi connectivity index (χ0v) is 21.8. The summed E-state index contributed by atoms with van der Waals surface area (Å²) in [7, 11) is 0. The van der Waals surface area contributed by atoms with Crippen molar-refractivity contribution < 1.29 is 4.42 Å². The fourth-order valence-electron chi connectivity index (χ4n) is 5.88. The lowest BCUT2D eigenvalue weighted by Gasteiger charge is -2.26. The van der Waals surface area contributed by atoms with Gasteiger partial charge in [0.25, 0.3) is 0 Å². The van der Waals surface area contributed by atoms with Gasteiger partial charge in [0.05, 0.1) is 0 Å². The molecule has 40 heavy (non-hydrogen) atoms. The number of hydrogen-bond donors (Lipinski definition) is 0. The Balaban J connectivity index is 1.35. The highest BCUT2D eigenvalue weighted by molar-refractivity contribution is 6.16. The molecule has 188 valence electrons. The summed E-state index contributed by atoms with van der Waals surface area (Å²) in [5, 5.41) is 7.14. The number of fused-ring (bicyclic) bond motifs is 6. The largest absolute Gasteiger partial charge is 0.456 e. The van der Waals surface area contributed by atoms with Crippen molar-refractivity contribution in [3.05, 3.63) is 152 Å². The molecule has 0 unspecified atom stereocenters. The van der Waals surface area contributed by atoms with Gasteiger partial charge in [-0.2, -0.15) is 0 Å². The van der Waals surface area contributed by atoms with Crippen molar-refractivity contribution in [1.29, 1.82) is 0 Å². The Morgan fingerprint density at radius 1 is 0.350 bits per heavy atom. The van der Waals surface area contributed by atoms with Gasteiger partial charge in [-0.1, -0.05) is 97.1 Å². The van der Waals surface area contributed by atoms with Gasteiger partial charge in [0, 0.05) is 27.8 Å². The maximum atomic E-state index is 6.19. The second-order valence-corrected chi connectivity index (χ2v) is 10.2. The molecule has 0 saturated carbocycles. The van der Waals surface area contributed by atoms with Gasteiger partial charge in [0.2, 0.25) is 0 Å². The quantitative estimate of drug-likeness (QED) is 0.218. The molecule has 1 aromatic heterocycles. The topological polar surface area (TPSA) is 16.4 Å². The number of anilines is 3. The molecule has 0 fully saturated rings. The van der Waals surface area contributed by atoms with E-state index < -0.39 is 0 Å². The van der Waals surface area contributed by atoms with E-state index in [2.05, 4.69) is 144 Å². The third kappa shape index (κ3) is 3.73. The molecule has 0 aliphatic rings. The van der Waals surface area contributed by atoms with Crippen LogP contribution in [0.25, 0.3) is 54.6 Å². The van der Waals surface area contributed by atoms with Gasteiger partial charge in [0.15, 0.2) is 0 Å². The summed E-state index contributed by atoms with van der Waals surface area (Å²) in [5.41, 5.74) is 7.61. The summed E-state index contributed by atoms with van der Waals surface area (Å²) in [6, 6.07) is 53.9. The molecule has 0 bridgehead atoms. The summed E-state index contributed by atoms with van der Waals surface area (Å²) in [6.45, 7) is 0. The fourth-order valence-corrected chi connectivity index (χ4v) is 5.88. The molecular formula is C38H25NO. The van der Waals surface area contributed by atoms with Crippen LogP contribution in [0.3, 0.4) is 0 Å². The Kier molecular flexibility index (Phi) is 5.17. The van der Waals surface area contributed by atoms with Crippen LogP contribution in [0.15, 0.2) is 156 Å². The van der Waals surface area contributed by atoms with E-state index in [9.17, 15) is 0 Å². The molecule has 2 heteroatoms. The van der Waals surface area contributed by atoms with Gasteiger partial charge >= 0.3 is 0 Å². The van der Waals surface area contributed by atoms with Crippen LogP contribution in [0, 0.1) is 0 Å². The highest BCUT2D eigenvalue weighted by Gasteiger charge is 2.15. The molecular weight excluding hydrogens is 486 g/mol. The van der Waals surface area contributed by atoms with Gasteiger partial charge < -0.3 is 9.32 Å². The standard InChI is InChI=1S/C38H25NO/c1-3-10-26(11-4-1)28-12-9-15-31(22-28)39(30-13-5-2-6-14-30)32-21-20-27-18-19-29-23-38-36(25-35(29)34(27)24-32)33-16-7-8-17-37(33)40-38/h1-25H. The molecule has 7 aromatic carbocycles. The van der Waals surface area contributed by atoms with Crippen LogP contribution in [0.1, 0.15) is 0 Å². The van der Waals surface area contributed by atoms with Crippen LogP contribution in [0.4, 0.5) is 17.1 Å². The average Bonchev–Trinajstić information content (AvgIpc) is 3.39. The van der Waals surface area contributed by atoms with Crippen LogP contribution in [-0.2, 0) is 0 Å².